The Morgan fingerprint density at radius 1 is 1.14 bits per heavy atom. The van der Waals surface area contributed by atoms with Gasteiger partial charge in [0.2, 0.25) is 11.8 Å². The van der Waals surface area contributed by atoms with Gasteiger partial charge in [-0.05, 0) is 43.1 Å². The molecule has 4 heteroatoms. The van der Waals surface area contributed by atoms with Gasteiger partial charge in [-0.1, -0.05) is 18.2 Å². The predicted molar refractivity (Wildman–Crippen MR) is 87.5 cm³/mol. The highest BCUT2D eigenvalue weighted by atomic mass is 16.5. The standard InChI is InChI=1S/C18H22N2O2/c1-12-15-6-5-13(11-14(15)9-10-20(12)2)16-7-8-17(21-3)19-18(16)22-4/h5-8,11-12H,9-10H2,1-4H3. The Morgan fingerprint density at radius 2 is 1.95 bits per heavy atom. The van der Waals surface area contributed by atoms with Crippen LogP contribution < -0.4 is 9.47 Å². The molecule has 1 aliphatic rings. The average Bonchev–Trinajstić information content (AvgIpc) is 2.57. The van der Waals surface area contributed by atoms with E-state index in [1.165, 1.54) is 11.1 Å². The second-order valence-corrected chi connectivity index (χ2v) is 5.73. The number of aromatic nitrogens is 1. The van der Waals surface area contributed by atoms with Crippen molar-refractivity contribution in [3.63, 3.8) is 0 Å². The van der Waals surface area contributed by atoms with Crippen LogP contribution in [0.15, 0.2) is 30.3 Å². The van der Waals surface area contributed by atoms with Gasteiger partial charge in [0.25, 0.3) is 0 Å². The van der Waals surface area contributed by atoms with Crippen LogP contribution in [0.4, 0.5) is 0 Å². The highest BCUT2D eigenvalue weighted by molar-refractivity contribution is 5.70. The molecule has 1 aromatic heterocycles. The van der Waals surface area contributed by atoms with Crippen molar-refractivity contribution in [1.82, 2.24) is 9.88 Å². The number of nitrogens with zero attached hydrogens (tertiary/aromatic N) is 2. The molecule has 0 spiro atoms. The molecule has 1 aliphatic heterocycles. The zero-order valence-electron chi connectivity index (χ0n) is 13.6. The lowest BCUT2D eigenvalue weighted by Gasteiger charge is -2.32. The molecule has 0 saturated carbocycles. The molecule has 3 rings (SSSR count). The van der Waals surface area contributed by atoms with Gasteiger partial charge in [-0.25, -0.2) is 0 Å². The predicted octanol–water partition coefficient (Wildman–Crippen LogP) is 3.31. The fourth-order valence-electron chi connectivity index (χ4n) is 3.04. The number of fused-ring (bicyclic) bond motifs is 1. The van der Waals surface area contributed by atoms with Gasteiger partial charge in [0.1, 0.15) is 0 Å². The Hall–Kier alpha value is -2.07. The van der Waals surface area contributed by atoms with E-state index < -0.39 is 0 Å². The molecule has 2 heterocycles. The average molecular weight is 298 g/mol. The van der Waals surface area contributed by atoms with Crippen molar-refractivity contribution in [3.05, 3.63) is 41.5 Å². The first-order valence-electron chi connectivity index (χ1n) is 7.56. The fraction of sp³-hybridized carbons (Fsp3) is 0.389. The summed E-state index contributed by atoms with van der Waals surface area (Å²) in [6.07, 6.45) is 1.08. The Balaban J connectivity index is 2.03. The molecule has 0 fully saturated rings. The molecular weight excluding hydrogens is 276 g/mol. The first kappa shape index (κ1) is 14.9. The number of hydrogen-bond donors (Lipinski definition) is 0. The maximum Gasteiger partial charge on any atom is 0.224 e. The number of likely N-dealkylation sites (N-methyl/N-ethyl adjacent to an activating group) is 1. The summed E-state index contributed by atoms with van der Waals surface area (Å²) >= 11 is 0. The summed E-state index contributed by atoms with van der Waals surface area (Å²) in [7, 11) is 5.43. The Kier molecular flexibility index (Phi) is 4.03. The molecule has 1 atom stereocenters. The van der Waals surface area contributed by atoms with E-state index in [4.69, 9.17) is 9.47 Å². The van der Waals surface area contributed by atoms with Crippen molar-refractivity contribution in [2.75, 3.05) is 27.8 Å². The van der Waals surface area contributed by atoms with Gasteiger partial charge in [-0.15, -0.1) is 0 Å². The van der Waals surface area contributed by atoms with Gasteiger partial charge in [-0.2, -0.15) is 4.98 Å². The minimum absolute atomic E-state index is 0.466. The van der Waals surface area contributed by atoms with Gasteiger partial charge in [0.15, 0.2) is 0 Å². The van der Waals surface area contributed by atoms with Crippen molar-refractivity contribution < 1.29 is 9.47 Å². The third kappa shape index (κ3) is 2.55. The molecule has 0 bridgehead atoms. The van der Waals surface area contributed by atoms with Crippen LogP contribution in [-0.4, -0.2) is 37.7 Å². The zero-order valence-corrected chi connectivity index (χ0v) is 13.6. The van der Waals surface area contributed by atoms with Crippen LogP contribution in [-0.2, 0) is 6.42 Å². The summed E-state index contributed by atoms with van der Waals surface area (Å²) < 4.78 is 10.6. The summed E-state index contributed by atoms with van der Waals surface area (Å²) in [6, 6.07) is 11.0. The summed E-state index contributed by atoms with van der Waals surface area (Å²) in [5.74, 6) is 1.16. The number of benzene rings is 1. The molecule has 0 saturated heterocycles. The van der Waals surface area contributed by atoms with E-state index in [9.17, 15) is 0 Å². The van der Waals surface area contributed by atoms with E-state index in [2.05, 4.69) is 42.1 Å². The molecule has 22 heavy (non-hydrogen) atoms. The van der Waals surface area contributed by atoms with Gasteiger partial charge >= 0.3 is 0 Å². The molecule has 0 radical (unpaired) electrons. The molecule has 0 aliphatic carbocycles. The largest absolute Gasteiger partial charge is 0.481 e. The van der Waals surface area contributed by atoms with E-state index in [-0.39, 0.29) is 0 Å². The number of hydrogen-bond acceptors (Lipinski definition) is 4. The third-order valence-electron chi connectivity index (χ3n) is 4.54. The number of methoxy groups -OCH3 is 2. The molecule has 1 aromatic carbocycles. The first-order chi connectivity index (χ1) is 10.6. The first-order valence-corrected chi connectivity index (χ1v) is 7.56. The minimum atomic E-state index is 0.466. The Bertz CT molecular complexity index is 685. The van der Waals surface area contributed by atoms with Crippen molar-refractivity contribution in [1.29, 1.82) is 0 Å². The maximum atomic E-state index is 5.43. The summed E-state index contributed by atoms with van der Waals surface area (Å²) in [5, 5.41) is 0. The van der Waals surface area contributed by atoms with Crippen LogP contribution in [0.2, 0.25) is 0 Å². The monoisotopic (exact) mass is 298 g/mol. The zero-order chi connectivity index (χ0) is 15.7. The molecule has 4 nitrogen and oxygen atoms in total. The van der Waals surface area contributed by atoms with Crippen LogP contribution in [0.1, 0.15) is 24.1 Å². The third-order valence-corrected chi connectivity index (χ3v) is 4.54. The highest BCUT2D eigenvalue weighted by Gasteiger charge is 2.21. The molecular formula is C18H22N2O2. The summed E-state index contributed by atoms with van der Waals surface area (Å²) in [6.45, 7) is 3.35. The molecule has 0 amide bonds. The molecule has 0 N–H and O–H groups in total. The van der Waals surface area contributed by atoms with E-state index in [0.29, 0.717) is 17.8 Å². The normalized spacial score (nSPS) is 17.9. The Labute approximate surface area is 131 Å². The second kappa shape index (κ2) is 5.97. The number of ether oxygens (including phenoxy) is 2. The highest BCUT2D eigenvalue weighted by Crippen LogP contribution is 2.35. The van der Waals surface area contributed by atoms with E-state index in [1.807, 2.05) is 12.1 Å². The lowest BCUT2D eigenvalue weighted by atomic mass is 9.91. The lowest BCUT2D eigenvalue weighted by Crippen LogP contribution is -2.30. The Morgan fingerprint density at radius 3 is 2.68 bits per heavy atom. The van der Waals surface area contributed by atoms with Gasteiger partial charge in [-0.3, -0.25) is 4.90 Å². The van der Waals surface area contributed by atoms with Gasteiger partial charge in [0, 0.05) is 24.2 Å². The van der Waals surface area contributed by atoms with Gasteiger partial charge in [0.05, 0.1) is 14.2 Å². The smallest absolute Gasteiger partial charge is 0.224 e. The van der Waals surface area contributed by atoms with E-state index >= 15 is 0 Å². The van der Waals surface area contributed by atoms with E-state index in [1.54, 1.807) is 14.2 Å². The SMILES string of the molecule is COc1ccc(-c2ccc3c(c2)CCN(C)C3C)c(OC)n1. The summed E-state index contributed by atoms with van der Waals surface area (Å²) in [5.41, 5.74) is 4.97. The van der Waals surface area contributed by atoms with Crippen LogP contribution in [0.5, 0.6) is 11.8 Å². The maximum absolute atomic E-state index is 5.43. The summed E-state index contributed by atoms with van der Waals surface area (Å²) in [4.78, 5) is 6.76. The topological polar surface area (TPSA) is 34.6 Å². The van der Waals surface area contributed by atoms with Crippen LogP contribution in [0.3, 0.4) is 0 Å². The molecule has 1 unspecified atom stereocenters. The van der Waals surface area contributed by atoms with E-state index in [0.717, 1.165) is 24.1 Å². The van der Waals surface area contributed by atoms with Crippen molar-refractivity contribution in [2.24, 2.45) is 0 Å². The minimum Gasteiger partial charge on any atom is -0.481 e. The quantitative estimate of drug-likeness (QED) is 0.870. The number of rotatable bonds is 3. The van der Waals surface area contributed by atoms with Crippen LogP contribution >= 0.6 is 0 Å². The fourth-order valence-corrected chi connectivity index (χ4v) is 3.04. The molecule has 2 aromatic rings. The van der Waals surface area contributed by atoms with Crippen molar-refractivity contribution in [3.8, 4) is 22.9 Å². The number of pyridine rings is 1. The van der Waals surface area contributed by atoms with Gasteiger partial charge < -0.3 is 9.47 Å². The lowest BCUT2D eigenvalue weighted by molar-refractivity contribution is 0.247. The van der Waals surface area contributed by atoms with Crippen LogP contribution in [0, 0.1) is 0 Å². The second-order valence-electron chi connectivity index (χ2n) is 5.73. The van der Waals surface area contributed by atoms with Crippen molar-refractivity contribution >= 4 is 0 Å². The van der Waals surface area contributed by atoms with Crippen LogP contribution in [0.25, 0.3) is 11.1 Å². The van der Waals surface area contributed by atoms with Crippen molar-refractivity contribution in [2.45, 2.75) is 19.4 Å². The molecule has 116 valence electrons.